The highest BCUT2D eigenvalue weighted by atomic mass is 19.1. The predicted octanol–water partition coefficient (Wildman–Crippen LogP) is 2.01. The van der Waals surface area contributed by atoms with Gasteiger partial charge in [0.05, 0.1) is 0 Å². The zero-order chi connectivity index (χ0) is 11.7. The van der Waals surface area contributed by atoms with Crippen LogP contribution in [-0.2, 0) is 6.54 Å². The molecule has 1 atom stereocenters. The maximum Gasteiger partial charge on any atom is 0.123 e. The summed E-state index contributed by atoms with van der Waals surface area (Å²) < 4.78 is 13.0. The van der Waals surface area contributed by atoms with Crippen molar-refractivity contribution in [1.29, 1.82) is 0 Å². The molecule has 0 aromatic heterocycles. The SMILES string of the molecule is Fc1cccc(CNC2CN3CCC2CC3)c1. The van der Waals surface area contributed by atoms with Crippen LogP contribution in [0.2, 0.25) is 0 Å². The third kappa shape index (κ3) is 2.50. The smallest absolute Gasteiger partial charge is 0.123 e. The van der Waals surface area contributed by atoms with Crippen molar-refractivity contribution in [3.05, 3.63) is 35.6 Å². The molecule has 0 amide bonds. The van der Waals surface area contributed by atoms with Gasteiger partial charge in [0, 0.05) is 19.1 Å². The van der Waals surface area contributed by atoms with Crippen molar-refractivity contribution in [2.45, 2.75) is 25.4 Å². The van der Waals surface area contributed by atoms with E-state index < -0.39 is 0 Å². The molecule has 0 saturated carbocycles. The van der Waals surface area contributed by atoms with Gasteiger partial charge in [-0.1, -0.05) is 12.1 Å². The maximum absolute atomic E-state index is 13.0. The first-order valence-electron chi connectivity index (χ1n) is 6.51. The van der Waals surface area contributed by atoms with Crippen LogP contribution < -0.4 is 5.32 Å². The van der Waals surface area contributed by atoms with Crippen LogP contribution in [0.25, 0.3) is 0 Å². The molecule has 3 heteroatoms. The van der Waals surface area contributed by atoms with E-state index in [1.807, 2.05) is 6.07 Å². The third-order valence-corrected chi connectivity index (χ3v) is 4.11. The Morgan fingerprint density at radius 2 is 2.12 bits per heavy atom. The first-order valence-corrected chi connectivity index (χ1v) is 6.51. The highest BCUT2D eigenvalue weighted by molar-refractivity contribution is 5.16. The van der Waals surface area contributed by atoms with E-state index in [9.17, 15) is 4.39 Å². The standard InChI is InChI=1S/C14H19FN2/c15-13-3-1-2-11(8-13)9-16-14-10-17-6-4-12(14)5-7-17/h1-3,8,12,14,16H,4-7,9-10H2. The Morgan fingerprint density at radius 1 is 1.29 bits per heavy atom. The zero-order valence-electron chi connectivity index (χ0n) is 10.0. The van der Waals surface area contributed by atoms with E-state index in [-0.39, 0.29) is 5.82 Å². The van der Waals surface area contributed by atoms with E-state index in [0.29, 0.717) is 6.04 Å². The fraction of sp³-hybridized carbons (Fsp3) is 0.571. The number of piperidine rings is 3. The van der Waals surface area contributed by atoms with Crippen LogP contribution in [0.1, 0.15) is 18.4 Å². The Morgan fingerprint density at radius 3 is 2.76 bits per heavy atom. The fourth-order valence-electron chi connectivity index (χ4n) is 3.09. The summed E-state index contributed by atoms with van der Waals surface area (Å²) in [6.45, 7) is 4.48. The number of rotatable bonds is 3. The van der Waals surface area contributed by atoms with E-state index in [4.69, 9.17) is 0 Å². The Kier molecular flexibility index (Phi) is 3.12. The molecule has 1 N–H and O–H groups in total. The summed E-state index contributed by atoms with van der Waals surface area (Å²) in [5.41, 5.74) is 1.04. The number of hydrogen-bond donors (Lipinski definition) is 1. The van der Waals surface area contributed by atoms with Crippen molar-refractivity contribution in [3.63, 3.8) is 0 Å². The molecule has 2 nitrogen and oxygen atoms in total. The maximum atomic E-state index is 13.0. The molecule has 1 aromatic rings. The molecule has 1 aromatic carbocycles. The second-order valence-corrected chi connectivity index (χ2v) is 5.26. The second-order valence-electron chi connectivity index (χ2n) is 5.26. The Balaban J connectivity index is 1.57. The lowest BCUT2D eigenvalue weighted by molar-refractivity contribution is 0.0720. The van der Waals surface area contributed by atoms with Crippen molar-refractivity contribution >= 4 is 0 Å². The first kappa shape index (κ1) is 11.2. The molecule has 0 spiro atoms. The molecule has 0 radical (unpaired) electrons. The van der Waals surface area contributed by atoms with Crippen molar-refractivity contribution in [3.8, 4) is 0 Å². The summed E-state index contributed by atoms with van der Waals surface area (Å²) in [5, 5.41) is 3.59. The molecule has 92 valence electrons. The predicted molar refractivity (Wildman–Crippen MR) is 66.2 cm³/mol. The number of nitrogens with zero attached hydrogens (tertiary/aromatic N) is 1. The van der Waals surface area contributed by atoms with Gasteiger partial charge in [-0.2, -0.15) is 0 Å². The van der Waals surface area contributed by atoms with Gasteiger partial charge in [0.1, 0.15) is 5.82 Å². The molecule has 3 fully saturated rings. The molecular weight excluding hydrogens is 215 g/mol. The summed E-state index contributed by atoms with van der Waals surface area (Å²) in [4.78, 5) is 2.53. The number of benzene rings is 1. The van der Waals surface area contributed by atoms with Gasteiger partial charge in [-0.15, -0.1) is 0 Å². The molecule has 4 rings (SSSR count). The molecule has 2 bridgehead atoms. The van der Waals surface area contributed by atoms with Crippen LogP contribution in [0.3, 0.4) is 0 Å². The lowest BCUT2D eigenvalue weighted by Gasteiger charge is -2.45. The number of fused-ring (bicyclic) bond motifs is 3. The zero-order valence-corrected chi connectivity index (χ0v) is 10.0. The first-order chi connectivity index (χ1) is 8.31. The third-order valence-electron chi connectivity index (χ3n) is 4.11. The largest absolute Gasteiger partial charge is 0.308 e. The quantitative estimate of drug-likeness (QED) is 0.860. The number of nitrogens with one attached hydrogen (secondary N) is 1. The van der Waals surface area contributed by atoms with Gasteiger partial charge in [0.15, 0.2) is 0 Å². The Hall–Kier alpha value is -0.930. The summed E-state index contributed by atoms with van der Waals surface area (Å²) in [6, 6.07) is 7.48. The van der Waals surface area contributed by atoms with Crippen LogP contribution in [0.15, 0.2) is 24.3 Å². The van der Waals surface area contributed by atoms with Crippen LogP contribution in [-0.4, -0.2) is 30.6 Å². The summed E-state index contributed by atoms with van der Waals surface area (Å²) >= 11 is 0. The monoisotopic (exact) mass is 234 g/mol. The summed E-state index contributed by atoms with van der Waals surface area (Å²) in [5.74, 6) is 0.687. The topological polar surface area (TPSA) is 15.3 Å². The van der Waals surface area contributed by atoms with E-state index >= 15 is 0 Å². The number of halogens is 1. The minimum absolute atomic E-state index is 0.141. The minimum atomic E-state index is -0.141. The highest BCUT2D eigenvalue weighted by Crippen LogP contribution is 2.27. The molecule has 3 aliphatic heterocycles. The molecular formula is C14H19FN2. The lowest BCUT2D eigenvalue weighted by Crippen LogP contribution is -2.55. The van der Waals surface area contributed by atoms with Gasteiger partial charge >= 0.3 is 0 Å². The molecule has 3 saturated heterocycles. The second kappa shape index (κ2) is 4.75. The van der Waals surface area contributed by atoms with E-state index in [2.05, 4.69) is 10.2 Å². The van der Waals surface area contributed by atoms with Crippen molar-refractivity contribution < 1.29 is 4.39 Å². The van der Waals surface area contributed by atoms with Gasteiger partial charge in [-0.25, -0.2) is 4.39 Å². The molecule has 0 aliphatic carbocycles. The van der Waals surface area contributed by atoms with Crippen LogP contribution >= 0.6 is 0 Å². The van der Waals surface area contributed by atoms with Gasteiger partial charge < -0.3 is 10.2 Å². The Bertz CT molecular complexity index is 386. The van der Waals surface area contributed by atoms with E-state index in [0.717, 1.165) is 18.0 Å². The molecule has 3 heterocycles. The van der Waals surface area contributed by atoms with Crippen LogP contribution in [0, 0.1) is 11.7 Å². The average Bonchev–Trinajstić information content (AvgIpc) is 2.38. The fourth-order valence-corrected chi connectivity index (χ4v) is 3.09. The van der Waals surface area contributed by atoms with Crippen molar-refractivity contribution in [2.24, 2.45) is 5.92 Å². The van der Waals surface area contributed by atoms with E-state index in [1.165, 1.54) is 38.5 Å². The van der Waals surface area contributed by atoms with Crippen molar-refractivity contribution in [2.75, 3.05) is 19.6 Å². The van der Waals surface area contributed by atoms with Gasteiger partial charge in [-0.3, -0.25) is 0 Å². The summed E-state index contributed by atoms with van der Waals surface area (Å²) in [6.07, 6.45) is 2.64. The number of hydrogen-bond acceptors (Lipinski definition) is 2. The Labute approximate surface area is 102 Å². The van der Waals surface area contributed by atoms with Gasteiger partial charge in [0.2, 0.25) is 0 Å². The molecule has 17 heavy (non-hydrogen) atoms. The molecule has 1 unspecified atom stereocenters. The normalized spacial score (nSPS) is 31.7. The van der Waals surface area contributed by atoms with E-state index in [1.54, 1.807) is 12.1 Å². The summed E-state index contributed by atoms with van der Waals surface area (Å²) in [7, 11) is 0. The average molecular weight is 234 g/mol. The van der Waals surface area contributed by atoms with Gasteiger partial charge in [-0.05, 0) is 49.5 Å². The molecule has 3 aliphatic rings. The van der Waals surface area contributed by atoms with Crippen LogP contribution in [0.4, 0.5) is 4.39 Å². The highest BCUT2D eigenvalue weighted by Gasteiger charge is 2.33. The minimum Gasteiger partial charge on any atom is -0.308 e. The lowest BCUT2D eigenvalue weighted by atomic mass is 9.84. The van der Waals surface area contributed by atoms with Crippen LogP contribution in [0.5, 0.6) is 0 Å². The van der Waals surface area contributed by atoms with Gasteiger partial charge in [0.25, 0.3) is 0 Å². The van der Waals surface area contributed by atoms with Crippen molar-refractivity contribution in [1.82, 2.24) is 10.2 Å².